The predicted octanol–water partition coefficient (Wildman–Crippen LogP) is 12.6. The molecule has 1 atom stereocenters. The summed E-state index contributed by atoms with van der Waals surface area (Å²) in [5.74, 6) is 0. The normalized spacial score (nSPS) is 14.8. The third-order valence-electron chi connectivity index (χ3n) is 10.9. The molecular weight excluding hydrogens is 619 g/mol. The fraction of sp³-hybridized carbons (Fsp3) is 0.0417. The van der Waals surface area contributed by atoms with E-state index in [2.05, 4.69) is 196 Å². The van der Waals surface area contributed by atoms with E-state index in [1.807, 2.05) is 0 Å². The van der Waals surface area contributed by atoms with E-state index >= 15 is 0 Å². The van der Waals surface area contributed by atoms with E-state index in [4.69, 9.17) is 0 Å². The van der Waals surface area contributed by atoms with Gasteiger partial charge in [-0.05, 0) is 54.0 Å². The standard InChI is InChI=1S/C48H33N3/c1-3-14-32(15-4-1)33-26-28-35(29-27-33)49-42-22-10-7-18-36(42)39-21-13-25-45(46(39)49)51-44-24-12-9-20-38(44)41-31-30-40-37-19-8-11-23-43(37)50(47(40)48(41)51)34-16-5-2-6-17-34/h1-28,30-31,35H,29H2. The third kappa shape index (κ3) is 4.06. The molecule has 3 nitrogen and oxygen atoms in total. The van der Waals surface area contributed by atoms with Crippen LogP contribution in [0.3, 0.4) is 0 Å². The zero-order chi connectivity index (χ0) is 33.5. The Labute approximate surface area is 295 Å². The number of rotatable bonds is 4. The maximum atomic E-state index is 2.60. The second-order valence-corrected chi connectivity index (χ2v) is 13.6. The molecule has 11 rings (SSSR count). The van der Waals surface area contributed by atoms with Crippen LogP contribution in [0.4, 0.5) is 0 Å². The van der Waals surface area contributed by atoms with Crippen LogP contribution in [0.1, 0.15) is 18.0 Å². The van der Waals surface area contributed by atoms with Gasteiger partial charge in [0.15, 0.2) is 0 Å². The van der Waals surface area contributed by atoms with Gasteiger partial charge in [-0.25, -0.2) is 0 Å². The van der Waals surface area contributed by atoms with Gasteiger partial charge in [0.1, 0.15) is 0 Å². The maximum absolute atomic E-state index is 2.60. The minimum absolute atomic E-state index is 0.171. The van der Waals surface area contributed by atoms with Gasteiger partial charge < -0.3 is 13.7 Å². The Balaban J connectivity index is 1.27. The summed E-state index contributed by atoms with van der Waals surface area (Å²) in [6.07, 6.45) is 8.05. The van der Waals surface area contributed by atoms with Crippen LogP contribution in [0, 0.1) is 0 Å². The summed E-state index contributed by atoms with van der Waals surface area (Å²) < 4.78 is 7.63. The van der Waals surface area contributed by atoms with Crippen molar-refractivity contribution in [3.63, 3.8) is 0 Å². The molecule has 0 N–H and O–H groups in total. The van der Waals surface area contributed by atoms with Gasteiger partial charge in [0.05, 0.1) is 39.3 Å². The van der Waals surface area contributed by atoms with Gasteiger partial charge in [0.2, 0.25) is 0 Å². The minimum Gasteiger partial charge on any atom is -0.331 e. The van der Waals surface area contributed by atoms with Crippen molar-refractivity contribution in [2.45, 2.75) is 12.5 Å². The van der Waals surface area contributed by atoms with Crippen LogP contribution in [0.25, 0.3) is 82.4 Å². The van der Waals surface area contributed by atoms with Gasteiger partial charge in [0, 0.05) is 43.5 Å². The van der Waals surface area contributed by atoms with Crippen LogP contribution in [0.15, 0.2) is 182 Å². The maximum Gasteiger partial charge on any atom is 0.0789 e. The SMILES string of the molecule is C1=CC(n2c3ccccc3c3cccc(-n4c5ccccc5c5ccc6c7ccccc7n(-c7ccccc7)c6c54)c32)CC=C1c1ccccc1. The number of para-hydroxylation sites is 5. The number of allylic oxidation sites excluding steroid dienone is 4. The topological polar surface area (TPSA) is 14.8 Å². The molecule has 0 aliphatic heterocycles. The number of nitrogens with zero attached hydrogens (tertiary/aromatic N) is 3. The van der Waals surface area contributed by atoms with Gasteiger partial charge in [-0.1, -0.05) is 146 Å². The first-order valence-corrected chi connectivity index (χ1v) is 17.8. The Morgan fingerprint density at radius 1 is 0.412 bits per heavy atom. The smallest absolute Gasteiger partial charge is 0.0789 e. The van der Waals surface area contributed by atoms with E-state index < -0.39 is 0 Å². The van der Waals surface area contributed by atoms with Crippen LogP contribution in [0.5, 0.6) is 0 Å². The molecule has 1 aliphatic carbocycles. The van der Waals surface area contributed by atoms with Crippen LogP contribution >= 0.6 is 0 Å². The zero-order valence-electron chi connectivity index (χ0n) is 27.9. The first kappa shape index (κ1) is 28.3. The first-order valence-electron chi connectivity index (χ1n) is 17.8. The molecule has 3 aromatic heterocycles. The molecule has 51 heavy (non-hydrogen) atoms. The highest BCUT2D eigenvalue weighted by molar-refractivity contribution is 6.24. The van der Waals surface area contributed by atoms with E-state index in [9.17, 15) is 0 Å². The number of aromatic nitrogens is 3. The van der Waals surface area contributed by atoms with Gasteiger partial charge in [-0.2, -0.15) is 0 Å². The summed E-state index contributed by atoms with van der Waals surface area (Å²) in [6.45, 7) is 0. The zero-order valence-corrected chi connectivity index (χ0v) is 27.9. The third-order valence-corrected chi connectivity index (χ3v) is 10.9. The van der Waals surface area contributed by atoms with Gasteiger partial charge in [-0.15, -0.1) is 0 Å². The number of benzene rings is 7. The summed E-state index contributed by atoms with van der Waals surface area (Å²) >= 11 is 0. The summed E-state index contributed by atoms with van der Waals surface area (Å²) in [5, 5.41) is 7.59. The summed E-state index contributed by atoms with van der Waals surface area (Å²) in [5.41, 5.74) is 12.3. The van der Waals surface area contributed by atoms with Gasteiger partial charge in [0.25, 0.3) is 0 Å². The summed E-state index contributed by atoms with van der Waals surface area (Å²) in [4.78, 5) is 0. The highest BCUT2D eigenvalue weighted by atomic mass is 15.1. The van der Waals surface area contributed by atoms with Crippen LogP contribution in [0.2, 0.25) is 0 Å². The monoisotopic (exact) mass is 651 g/mol. The first-order chi connectivity index (χ1) is 25.3. The van der Waals surface area contributed by atoms with Crippen molar-refractivity contribution < 1.29 is 0 Å². The largest absolute Gasteiger partial charge is 0.331 e. The van der Waals surface area contributed by atoms with Crippen molar-refractivity contribution in [3.8, 4) is 11.4 Å². The quantitative estimate of drug-likeness (QED) is 0.180. The average Bonchev–Trinajstić information content (AvgIpc) is 3.85. The lowest BCUT2D eigenvalue weighted by Gasteiger charge is -2.22. The van der Waals surface area contributed by atoms with Crippen molar-refractivity contribution in [1.29, 1.82) is 0 Å². The molecule has 0 saturated carbocycles. The minimum atomic E-state index is 0.171. The second-order valence-electron chi connectivity index (χ2n) is 13.6. The molecule has 7 aromatic carbocycles. The van der Waals surface area contributed by atoms with E-state index in [0.29, 0.717) is 0 Å². The molecule has 1 unspecified atom stereocenters. The summed E-state index contributed by atoms with van der Waals surface area (Å²) in [6, 6.07) is 60.0. The molecule has 0 amide bonds. The lowest BCUT2D eigenvalue weighted by Crippen LogP contribution is -2.10. The lowest BCUT2D eigenvalue weighted by atomic mass is 9.97. The molecule has 0 spiro atoms. The highest BCUT2D eigenvalue weighted by Gasteiger charge is 2.25. The molecule has 240 valence electrons. The fourth-order valence-electron chi connectivity index (χ4n) is 8.80. The number of fused-ring (bicyclic) bond motifs is 10. The van der Waals surface area contributed by atoms with E-state index in [-0.39, 0.29) is 6.04 Å². The molecule has 0 radical (unpaired) electrons. The Morgan fingerprint density at radius 3 is 1.61 bits per heavy atom. The van der Waals surface area contributed by atoms with E-state index in [1.54, 1.807) is 0 Å². The predicted molar refractivity (Wildman–Crippen MR) is 215 cm³/mol. The molecule has 0 bridgehead atoms. The molecule has 10 aromatic rings. The van der Waals surface area contributed by atoms with Crippen molar-refractivity contribution in [2.75, 3.05) is 0 Å². The van der Waals surface area contributed by atoms with Gasteiger partial charge >= 0.3 is 0 Å². The average molecular weight is 652 g/mol. The van der Waals surface area contributed by atoms with Gasteiger partial charge in [-0.3, -0.25) is 0 Å². The van der Waals surface area contributed by atoms with Crippen molar-refractivity contribution >= 4 is 71.0 Å². The van der Waals surface area contributed by atoms with Crippen LogP contribution in [-0.4, -0.2) is 13.7 Å². The molecule has 1 aliphatic rings. The Hall–Kier alpha value is -6.58. The van der Waals surface area contributed by atoms with Crippen molar-refractivity contribution in [3.05, 3.63) is 188 Å². The lowest BCUT2D eigenvalue weighted by molar-refractivity contribution is 0.648. The number of hydrogen-bond donors (Lipinski definition) is 0. The number of hydrogen-bond acceptors (Lipinski definition) is 0. The Bertz CT molecular complexity index is 3040. The van der Waals surface area contributed by atoms with E-state index in [0.717, 1.165) is 12.1 Å². The van der Waals surface area contributed by atoms with E-state index in [1.165, 1.54) is 82.2 Å². The van der Waals surface area contributed by atoms with Crippen LogP contribution in [-0.2, 0) is 0 Å². The second kappa shape index (κ2) is 11.0. The fourth-order valence-corrected chi connectivity index (χ4v) is 8.80. The van der Waals surface area contributed by atoms with Crippen molar-refractivity contribution in [2.24, 2.45) is 0 Å². The molecule has 3 heterocycles. The molecule has 0 fully saturated rings. The molecule has 3 heteroatoms. The molecular formula is C48H33N3. The van der Waals surface area contributed by atoms with Crippen molar-refractivity contribution in [1.82, 2.24) is 13.7 Å². The Morgan fingerprint density at radius 2 is 0.941 bits per heavy atom. The van der Waals surface area contributed by atoms with Crippen LogP contribution < -0.4 is 0 Å². The summed E-state index contributed by atoms with van der Waals surface area (Å²) in [7, 11) is 0. The highest BCUT2D eigenvalue weighted by Crippen LogP contribution is 2.45. The molecule has 0 saturated heterocycles. The Kier molecular flexibility index (Phi) is 6.08.